The zero-order chi connectivity index (χ0) is 13.4. The molecule has 98 valence electrons. The number of aryl methyl sites for hydroxylation is 1. The van der Waals surface area contributed by atoms with E-state index < -0.39 is 0 Å². The van der Waals surface area contributed by atoms with Gasteiger partial charge >= 0.3 is 0 Å². The molecule has 0 nitrogen and oxygen atoms in total. The van der Waals surface area contributed by atoms with Crippen molar-refractivity contribution < 1.29 is 0 Å². The first-order chi connectivity index (χ1) is 9.92. The number of rotatable bonds is 1. The highest BCUT2D eigenvalue weighted by atomic mass is 14.2. The fourth-order valence-corrected chi connectivity index (χ4v) is 3.57. The predicted molar refractivity (Wildman–Crippen MR) is 85.2 cm³/mol. The Balaban J connectivity index is 1.78. The van der Waals surface area contributed by atoms with E-state index in [9.17, 15) is 0 Å². The van der Waals surface area contributed by atoms with E-state index in [0.29, 0.717) is 5.92 Å². The van der Waals surface area contributed by atoms with Gasteiger partial charge in [-0.15, -0.1) is 0 Å². The maximum absolute atomic E-state index is 2.32. The Labute approximate surface area is 120 Å². The highest BCUT2D eigenvalue weighted by Gasteiger charge is 2.20. The Morgan fingerprint density at radius 3 is 2.40 bits per heavy atom. The number of benzene rings is 3. The molecule has 0 aromatic heterocycles. The molecule has 0 heteroatoms. The maximum Gasteiger partial charge on any atom is -0.0112 e. The van der Waals surface area contributed by atoms with Gasteiger partial charge in [0.15, 0.2) is 0 Å². The van der Waals surface area contributed by atoms with Crippen LogP contribution in [0.4, 0.5) is 0 Å². The molecule has 0 saturated carbocycles. The van der Waals surface area contributed by atoms with Crippen molar-refractivity contribution in [2.45, 2.75) is 25.2 Å². The largest absolute Gasteiger partial charge is 0.0620 e. The topological polar surface area (TPSA) is 0 Å². The summed E-state index contributed by atoms with van der Waals surface area (Å²) in [5.41, 5.74) is 4.61. The molecule has 1 aliphatic rings. The smallest absolute Gasteiger partial charge is 0.0112 e. The zero-order valence-corrected chi connectivity index (χ0v) is 11.5. The molecule has 1 atom stereocenters. The lowest BCUT2D eigenvalue weighted by molar-refractivity contribution is 0.588. The van der Waals surface area contributed by atoms with E-state index in [2.05, 4.69) is 66.7 Å². The summed E-state index contributed by atoms with van der Waals surface area (Å²) in [5.74, 6) is 0.663. The van der Waals surface area contributed by atoms with Crippen LogP contribution in [0.15, 0.2) is 66.7 Å². The predicted octanol–water partition coefficient (Wildman–Crippen LogP) is 5.11. The van der Waals surface area contributed by atoms with E-state index in [0.717, 1.165) is 0 Å². The summed E-state index contributed by atoms with van der Waals surface area (Å²) >= 11 is 0. The molecule has 0 bridgehead atoms. The first-order valence-electron chi connectivity index (χ1n) is 7.46. The molecule has 1 aliphatic carbocycles. The summed E-state index contributed by atoms with van der Waals surface area (Å²) in [4.78, 5) is 0. The van der Waals surface area contributed by atoms with Gasteiger partial charge in [0, 0.05) is 0 Å². The van der Waals surface area contributed by atoms with E-state index in [1.807, 2.05) is 0 Å². The van der Waals surface area contributed by atoms with Crippen molar-refractivity contribution in [2.75, 3.05) is 0 Å². The van der Waals surface area contributed by atoms with Crippen molar-refractivity contribution >= 4 is 10.8 Å². The Morgan fingerprint density at radius 1 is 0.700 bits per heavy atom. The van der Waals surface area contributed by atoms with Crippen LogP contribution in [0, 0.1) is 0 Å². The second kappa shape index (κ2) is 4.79. The van der Waals surface area contributed by atoms with Gasteiger partial charge < -0.3 is 0 Å². The van der Waals surface area contributed by atoms with Crippen LogP contribution >= 0.6 is 0 Å². The third-order valence-electron chi connectivity index (χ3n) is 4.61. The third kappa shape index (κ3) is 1.92. The van der Waals surface area contributed by atoms with Crippen LogP contribution in [0.1, 0.15) is 29.0 Å². The minimum absolute atomic E-state index is 0.663. The molecule has 0 saturated heterocycles. The summed E-state index contributed by atoms with van der Waals surface area (Å²) in [5, 5.41) is 2.79. The lowest BCUT2D eigenvalue weighted by Crippen LogP contribution is -2.12. The van der Waals surface area contributed by atoms with Gasteiger partial charge in [-0.1, -0.05) is 66.7 Å². The van der Waals surface area contributed by atoms with Gasteiger partial charge in [-0.2, -0.15) is 0 Å². The van der Waals surface area contributed by atoms with E-state index in [1.54, 1.807) is 5.56 Å². The maximum atomic E-state index is 2.32. The Morgan fingerprint density at radius 2 is 1.45 bits per heavy atom. The molecule has 3 aromatic rings. The van der Waals surface area contributed by atoms with Crippen LogP contribution in [0.25, 0.3) is 10.8 Å². The quantitative estimate of drug-likeness (QED) is 0.569. The fraction of sp³-hybridized carbons (Fsp3) is 0.200. The Bertz CT molecular complexity index is 749. The summed E-state index contributed by atoms with van der Waals surface area (Å²) in [6.45, 7) is 0. The summed E-state index contributed by atoms with van der Waals surface area (Å²) < 4.78 is 0. The molecule has 4 rings (SSSR count). The monoisotopic (exact) mass is 258 g/mol. The van der Waals surface area contributed by atoms with E-state index in [4.69, 9.17) is 0 Å². The molecular weight excluding hydrogens is 240 g/mol. The number of hydrogen-bond acceptors (Lipinski definition) is 0. The van der Waals surface area contributed by atoms with Crippen LogP contribution in [0.3, 0.4) is 0 Å². The lowest BCUT2D eigenvalue weighted by Gasteiger charge is -2.26. The van der Waals surface area contributed by atoms with E-state index in [1.165, 1.54) is 41.2 Å². The molecule has 0 spiro atoms. The fourth-order valence-electron chi connectivity index (χ4n) is 3.57. The van der Waals surface area contributed by atoms with Crippen LogP contribution in [0.2, 0.25) is 0 Å². The minimum Gasteiger partial charge on any atom is -0.0620 e. The van der Waals surface area contributed by atoms with Crippen molar-refractivity contribution in [3.8, 4) is 0 Å². The van der Waals surface area contributed by atoms with Gasteiger partial charge in [0.2, 0.25) is 0 Å². The van der Waals surface area contributed by atoms with Gasteiger partial charge in [-0.25, -0.2) is 0 Å². The second-order valence-corrected chi connectivity index (χ2v) is 5.78. The highest BCUT2D eigenvalue weighted by Crippen LogP contribution is 2.35. The van der Waals surface area contributed by atoms with Gasteiger partial charge in [-0.3, -0.25) is 0 Å². The molecule has 20 heavy (non-hydrogen) atoms. The molecular formula is C20H18. The molecule has 3 aromatic carbocycles. The van der Waals surface area contributed by atoms with Gasteiger partial charge in [-0.05, 0) is 52.6 Å². The highest BCUT2D eigenvalue weighted by molar-refractivity contribution is 5.86. The SMILES string of the molecule is c1ccc2c(c1)CCC(c1cccc3ccccc13)C2. The molecule has 0 fully saturated rings. The number of fused-ring (bicyclic) bond motifs is 2. The second-order valence-electron chi connectivity index (χ2n) is 5.78. The van der Waals surface area contributed by atoms with Crippen molar-refractivity contribution in [1.82, 2.24) is 0 Å². The Hall–Kier alpha value is -2.08. The average molecular weight is 258 g/mol. The summed E-state index contributed by atoms with van der Waals surface area (Å²) in [6, 6.07) is 24.4. The number of hydrogen-bond donors (Lipinski definition) is 0. The van der Waals surface area contributed by atoms with Crippen LogP contribution in [-0.2, 0) is 12.8 Å². The van der Waals surface area contributed by atoms with Gasteiger partial charge in [0.1, 0.15) is 0 Å². The van der Waals surface area contributed by atoms with E-state index in [-0.39, 0.29) is 0 Å². The van der Waals surface area contributed by atoms with Crippen molar-refractivity contribution in [1.29, 1.82) is 0 Å². The van der Waals surface area contributed by atoms with Crippen molar-refractivity contribution in [3.05, 3.63) is 83.4 Å². The van der Waals surface area contributed by atoms with Crippen LogP contribution in [0.5, 0.6) is 0 Å². The first kappa shape index (κ1) is 11.7. The first-order valence-corrected chi connectivity index (χ1v) is 7.46. The van der Waals surface area contributed by atoms with E-state index >= 15 is 0 Å². The standard InChI is InChI=1S/C20H18/c1-2-8-17-14-18(13-12-15(17)6-1)20-11-5-9-16-7-3-4-10-19(16)20/h1-11,18H,12-14H2. The average Bonchev–Trinajstić information content (AvgIpc) is 2.54. The summed E-state index contributed by atoms with van der Waals surface area (Å²) in [6.07, 6.45) is 3.67. The van der Waals surface area contributed by atoms with Gasteiger partial charge in [0.25, 0.3) is 0 Å². The summed E-state index contributed by atoms with van der Waals surface area (Å²) in [7, 11) is 0. The third-order valence-corrected chi connectivity index (χ3v) is 4.61. The van der Waals surface area contributed by atoms with Crippen molar-refractivity contribution in [3.63, 3.8) is 0 Å². The lowest BCUT2D eigenvalue weighted by atomic mass is 9.79. The van der Waals surface area contributed by atoms with Crippen LogP contribution < -0.4 is 0 Å². The Kier molecular flexibility index (Phi) is 2.81. The van der Waals surface area contributed by atoms with Gasteiger partial charge in [0.05, 0.1) is 0 Å². The molecule has 0 aliphatic heterocycles. The normalized spacial score (nSPS) is 17.9. The molecule has 0 amide bonds. The van der Waals surface area contributed by atoms with Crippen molar-refractivity contribution in [2.24, 2.45) is 0 Å². The van der Waals surface area contributed by atoms with Crippen LogP contribution in [-0.4, -0.2) is 0 Å². The minimum atomic E-state index is 0.663. The molecule has 0 radical (unpaired) electrons. The zero-order valence-electron chi connectivity index (χ0n) is 11.5. The molecule has 0 N–H and O–H groups in total. The molecule has 1 unspecified atom stereocenters. The molecule has 0 heterocycles.